The molecule has 0 bridgehead atoms. The number of benzene rings is 1. The molecule has 0 amide bonds. The first-order valence-corrected chi connectivity index (χ1v) is 6.70. The summed E-state index contributed by atoms with van der Waals surface area (Å²) in [6, 6.07) is 7.39. The Morgan fingerprint density at radius 3 is 2.56 bits per heavy atom. The standard InChI is InChI=1S/C15H21NO2/c1-12(17)14-2-4-15(5-3-14)18-11-8-13-6-9-16-10-7-13/h2-5,13,16H,6-11H2,1H3. The maximum atomic E-state index is 11.1. The minimum Gasteiger partial charge on any atom is -0.494 e. The van der Waals surface area contributed by atoms with E-state index in [0.717, 1.165) is 43.3 Å². The third-order valence-electron chi connectivity index (χ3n) is 3.51. The van der Waals surface area contributed by atoms with Crippen LogP contribution in [0.4, 0.5) is 0 Å². The summed E-state index contributed by atoms with van der Waals surface area (Å²) in [5, 5.41) is 3.37. The third kappa shape index (κ3) is 3.84. The number of nitrogens with one attached hydrogen (secondary N) is 1. The number of hydrogen-bond acceptors (Lipinski definition) is 3. The molecule has 1 aromatic carbocycles. The Morgan fingerprint density at radius 1 is 1.28 bits per heavy atom. The van der Waals surface area contributed by atoms with Crippen LogP contribution in [0.2, 0.25) is 0 Å². The van der Waals surface area contributed by atoms with Crippen molar-refractivity contribution in [1.82, 2.24) is 5.32 Å². The molecule has 1 aliphatic rings. The van der Waals surface area contributed by atoms with Crippen LogP contribution < -0.4 is 10.1 Å². The molecule has 1 aromatic rings. The van der Waals surface area contributed by atoms with Gasteiger partial charge in [0.05, 0.1) is 6.61 Å². The van der Waals surface area contributed by atoms with Gasteiger partial charge in [-0.25, -0.2) is 0 Å². The van der Waals surface area contributed by atoms with E-state index in [1.165, 1.54) is 12.8 Å². The van der Waals surface area contributed by atoms with Gasteiger partial charge in [-0.05, 0) is 69.5 Å². The van der Waals surface area contributed by atoms with Crippen LogP contribution in [0.5, 0.6) is 5.75 Å². The number of carbonyl (C=O) groups excluding carboxylic acids is 1. The molecule has 1 aliphatic heterocycles. The van der Waals surface area contributed by atoms with Crippen LogP contribution in [-0.4, -0.2) is 25.5 Å². The second-order valence-electron chi connectivity index (χ2n) is 4.91. The summed E-state index contributed by atoms with van der Waals surface area (Å²) < 4.78 is 5.71. The van der Waals surface area contributed by atoms with Gasteiger partial charge in [-0.15, -0.1) is 0 Å². The summed E-state index contributed by atoms with van der Waals surface area (Å²) in [5.41, 5.74) is 0.737. The third-order valence-corrected chi connectivity index (χ3v) is 3.51. The molecule has 0 unspecified atom stereocenters. The van der Waals surface area contributed by atoms with Gasteiger partial charge in [-0.3, -0.25) is 4.79 Å². The highest BCUT2D eigenvalue weighted by Gasteiger charge is 2.12. The van der Waals surface area contributed by atoms with Crippen LogP contribution >= 0.6 is 0 Å². The molecule has 3 heteroatoms. The fraction of sp³-hybridized carbons (Fsp3) is 0.533. The molecule has 1 N–H and O–H groups in total. The Kier molecular flexibility index (Phi) is 4.76. The number of hydrogen-bond donors (Lipinski definition) is 1. The number of ketones is 1. The molecule has 0 atom stereocenters. The van der Waals surface area contributed by atoms with E-state index in [1.54, 1.807) is 6.92 Å². The molecule has 1 heterocycles. The van der Waals surface area contributed by atoms with E-state index in [2.05, 4.69) is 5.32 Å². The van der Waals surface area contributed by atoms with Crippen LogP contribution in [0.25, 0.3) is 0 Å². The van der Waals surface area contributed by atoms with E-state index in [0.29, 0.717) is 0 Å². The summed E-state index contributed by atoms with van der Waals surface area (Å²) in [6.45, 7) is 4.62. The molecule has 0 radical (unpaired) electrons. The van der Waals surface area contributed by atoms with Crippen molar-refractivity contribution in [3.63, 3.8) is 0 Å². The minimum absolute atomic E-state index is 0.0938. The first-order valence-electron chi connectivity index (χ1n) is 6.70. The topological polar surface area (TPSA) is 38.3 Å². The van der Waals surface area contributed by atoms with Crippen molar-refractivity contribution in [1.29, 1.82) is 0 Å². The fourth-order valence-electron chi connectivity index (χ4n) is 2.30. The largest absolute Gasteiger partial charge is 0.494 e. The van der Waals surface area contributed by atoms with Crippen LogP contribution in [0, 0.1) is 5.92 Å². The van der Waals surface area contributed by atoms with Gasteiger partial charge in [0.2, 0.25) is 0 Å². The molecular weight excluding hydrogens is 226 g/mol. The predicted octanol–water partition coefficient (Wildman–Crippen LogP) is 2.66. The SMILES string of the molecule is CC(=O)c1ccc(OCCC2CCNCC2)cc1. The Morgan fingerprint density at radius 2 is 1.94 bits per heavy atom. The Balaban J connectivity index is 1.74. The van der Waals surface area contributed by atoms with Crippen LogP contribution in [0.3, 0.4) is 0 Å². The maximum absolute atomic E-state index is 11.1. The first kappa shape index (κ1) is 13.1. The van der Waals surface area contributed by atoms with Gasteiger partial charge in [-0.2, -0.15) is 0 Å². The average molecular weight is 247 g/mol. The predicted molar refractivity (Wildman–Crippen MR) is 72.2 cm³/mol. The molecule has 1 saturated heterocycles. The zero-order valence-corrected chi connectivity index (χ0v) is 10.9. The van der Waals surface area contributed by atoms with Crippen molar-refractivity contribution in [3.8, 4) is 5.75 Å². The first-order chi connectivity index (χ1) is 8.75. The summed E-state index contributed by atoms with van der Waals surface area (Å²) in [4.78, 5) is 11.1. The summed E-state index contributed by atoms with van der Waals surface area (Å²) in [6.07, 6.45) is 3.63. The Hall–Kier alpha value is -1.35. The van der Waals surface area contributed by atoms with Crippen LogP contribution in [0.1, 0.15) is 36.5 Å². The zero-order chi connectivity index (χ0) is 12.8. The second kappa shape index (κ2) is 6.55. The van der Waals surface area contributed by atoms with E-state index in [9.17, 15) is 4.79 Å². The van der Waals surface area contributed by atoms with Crippen LogP contribution in [-0.2, 0) is 0 Å². The van der Waals surface area contributed by atoms with Gasteiger partial charge in [0.25, 0.3) is 0 Å². The number of rotatable bonds is 5. The second-order valence-corrected chi connectivity index (χ2v) is 4.91. The van der Waals surface area contributed by atoms with Gasteiger partial charge in [0.15, 0.2) is 5.78 Å². The van der Waals surface area contributed by atoms with Gasteiger partial charge in [0.1, 0.15) is 5.75 Å². The fourth-order valence-corrected chi connectivity index (χ4v) is 2.30. The monoisotopic (exact) mass is 247 g/mol. The molecule has 98 valence electrons. The molecule has 2 rings (SSSR count). The lowest BCUT2D eigenvalue weighted by Gasteiger charge is -2.22. The molecule has 0 spiro atoms. The highest BCUT2D eigenvalue weighted by molar-refractivity contribution is 5.94. The van der Waals surface area contributed by atoms with Crippen molar-refractivity contribution >= 4 is 5.78 Å². The van der Waals surface area contributed by atoms with Gasteiger partial charge in [-0.1, -0.05) is 0 Å². The zero-order valence-electron chi connectivity index (χ0n) is 10.9. The summed E-state index contributed by atoms with van der Waals surface area (Å²) in [7, 11) is 0. The lowest BCUT2D eigenvalue weighted by atomic mass is 9.95. The molecule has 3 nitrogen and oxygen atoms in total. The van der Waals surface area contributed by atoms with E-state index in [1.807, 2.05) is 24.3 Å². The van der Waals surface area contributed by atoms with Crippen molar-refractivity contribution in [3.05, 3.63) is 29.8 Å². The van der Waals surface area contributed by atoms with Crippen molar-refractivity contribution in [2.75, 3.05) is 19.7 Å². The van der Waals surface area contributed by atoms with Crippen molar-refractivity contribution in [2.45, 2.75) is 26.2 Å². The smallest absolute Gasteiger partial charge is 0.159 e. The average Bonchev–Trinajstić information content (AvgIpc) is 2.40. The molecule has 0 aromatic heterocycles. The molecule has 0 aliphatic carbocycles. The van der Waals surface area contributed by atoms with Gasteiger partial charge >= 0.3 is 0 Å². The lowest BCUT2D eigenvalue weighted by molar-refractivity contribution is 0.101. The molecular formula is C15H21NO2. The van der Waals surface area contributed by atoms with Gasteiger partial charge in [0, 0.05) is 5.56 Å². The Bertz CT molecular complexity index is 380. The minimum atomic E-state index is 0.0938. The highest BCUT2D eigenvalue weighted by atomic mass is 16.5. The molecule has 18 heavy (non-hydrogen) atoms. The highest BCUT2D eigenvalue weighted by Crippen LogP contribution is 2.18. The number of piperidine rings is 1. The van der Waals surface area contributed by atoms with E-state index >= 15 is 0 Å². The van der Waals surface area contributed by atoms with Crippen LogP contribution in [0.15, 0.2) is 24.3 Å². The number of Topliss-reactive ketones (excluding diaryl/α,β-unsaturated/α-hetero) is 1. The summed E-state index contributed by atoms with van der Waals surface area (Å²) in [5.74, 6) is 1.74. The van der Waals surface area contributed by atoms with Gasteiger partial charge < -0.3 is 10.1 Å². The number of ether oxygens (including phenoxy) is 1. The molecule has 1 fully saturated rings. The van der Waals surface area contributed by atoms with E-state index in [4.69, 9.17) is 4.74 Å². The number of carbonyl (C=O) groups is 1. The molecule has 0 saturated carbocycles. The van der Waals surface area contributed by atoms with E-state index < -0.39 is 0 Å². The normalized spacial score (nSPS) is 16.5. The van der Waals surface area contributed by atoms with Crippen molar-refractivity contribution in [2.24, 2.45) is 5.92 Å². The lowest BCUT2D eigenvalue weighted by Crippen LogP contribution is -2.28. The Labute approximate surface area is 109 Å². The summed E-state index contributed by atoms with van der Waals surface area (Å²) >= 11 is 0. The maximum Gasteiger partial charge on any atom is 0.159 e. The van der Waals surface area contributed by atoms with Crippen molar-refractivity contribution < 1.29 is 9.53 Å². The quantitative estimate of drug-likeness (QED) is 0.813. The van der Waals surface area contributed by atoms with E-state index in [-0.39, 0.29) is 5.78 Å².